The molecule has 1 atom stereocenters. The standard InChI is InChI=1S/C11H14ClNO6S/c1-7(6-12)20(16,17)11-5-10(19-3)9(18-2)4-8(11)13(14)15/h4-5,7H,6H2,1-3H3. The molecule has 0 bridgehead atoms. The molecule has 0 heterocycles. The van der Waals surface area contributed by atoms with Gasteiger partial charge in [-0.2, -0.15) is 0 Å². The average molecular weight is 324 g/mol. The molecule has 0 saturated heterocycles. The number of hydrogen-bond acceptors (Lipinski definition) is 6. The van der Waals surface area contributed by atoms with E-state index in [4.69, 9.17) is 21.1 Å². The topological polar surface area (TPSA) is 95.7 Å². The Balaban J connectivity index is 3.64. The molecule has 0 aliphatic rings. The van der Waals surface area contributed by atoms with Crippen molar-refractivity contribution in [1.82, 2.24) is 0 Å². The van der Waals surface area contributed by atoms with Crippen molar-refractivity contribution in [1.29, 1.82) is 0 Å². The summed E-state index contributed by atoms with van der Waals surface area (Å²) in [7, 11) is -1.32. The van der Waals surface area contributed by atoms with E-state index in [9.17, 15) is 18.5 Å². The van der Waals surface area contributed by atoms with Crippen LogP contribution in [-0.2, 0) is 9.84 Å². The monoisotopic (exact) mass is 323 g/mol. The lowest BCUT2D eigenvalue weighted by atomic mass is 10.3. The van der Waals surface area contributed by atoms with Crippen molar-refractivity contribution < 1.29 is 22.8 Å². The number of nitro groups is 1. The number of ether oxygens (including phenoxy) is 2. The van der Waals surface area contributed by atoms with Gasteiger partial charge in [0, 0.05) is 11.9 Å². The maximum absolute atomic E-state index is 12.3. The lowest BCUT2D eigenvalue weighted by Gasteiger charge is -2.13. The number of sulfone groups is 1. The smallest absolute Gasteiger partial charge is 0.291 e. The van der Waals surface area contributed by atoms with Gasteiger partial charge in [-0.1, -0.05) is 0 Å². The Kier molecular flexibility index (Phi) is 5.18. The van der Waals surface area contributed by atoms with Crippen molar-refractivity contribution in [3.8, 4) is 11.5 Å². The Morgan fingerprint density at radius 3 is 2.20 bits per heavy atom. The molecule has 0 aliphatic heterocycles. The molecule has 1 rings (SSSR count). The molecular weight excluding hydrogens is 310 g/mol. The Morgan fingerprint density at radius 2 is 1.80 bits per heavy atom. The van der Waals surface area contributed by atoms with Gasteiger partial charge in [0.2, 0.25) is 0 Å². The van der Waals surface area contributed by atoms with Crippen LogP contribution in [0.25, 0.3) is 0 Å². The fourth-order valence-electron chi connectivity index (χ4n) is 1.52. The Hall–Kier alpha value is -1.54. The fraction of sp³-hybridized carbons (Fsp3) is 0.455. The van der Waals surface area contributed by atoms with Crippen LogP contribution < -0.4 is 9.47 Å². The van der Waals surface area contributed by atoms with E-state index in [0.717, 1.165) is 12.1 Å². The van der Waals surface area contributed by atoms with Crippen LogP contribution in [0.1, 0.15) is 6.92 Å². The predicted molar refractivity (Wildman–Crippen MR) is 73.6 cm³/mol. The lowest BCUT2D eigenvalue weighted by Crippen LogP contribution is -2.20. The van der Waals surface area contributed by atoms with Crippen molar-refractivity contribution in [2.24, 2.45) is 0 Å². The molecule has 9 heteroatoms. The van der Waals surface area contributed by atoms with E-state index in [2.05, 4.69) is 0 Å². The molecule has 0 saturated carbocycles. The highest BCUT2D eigenvalue weighted by molar-refractivity contribution is 7.92. The van der Waals surface area contributed by atoms with Gasteiger partial charge in [-0.15, -0.1) is 11.6 Å². The minimum Gasteiger partial charge on any atom is -0.493 e. The van der Waals surface area contributed by atoms with Crippen LogP contribution >= 0.6 is 11.6 Å². The van der Waals surface area contributed by atoms with Crippen LogP contribution in [0.2, 0.25) is 0 Å². The lowest BCUT2D eigenvalue weighted by molar-refractivity contribution is -0.387. The summed E-state index contributed by atoms with van der Waals surface area (Å²) in [6.45, 7) is 1.38. The number of rotatable bonds is 6. The molecule has 0 fully saturated rings. The third-order valence-corrected chi connectivity index (χ3v) is 5.53. The summed E-state index contributed by atoms with van der Waals surface area (Å²) in [5, 5.41) is 10.1. The van der Waals surface area contributed by atoms with Gasteiger partial charge in [0.15, 0.2) is 21.3 Å². The Bertz CT molecular complexity index is 616. The summed E-state index contributed by atoms with van der Waals surface area (Å²) in [5.74, 6) is 0.00326. The zero-order valence-corrected chi connectivity index (χ0v) is 12.7. The molecule has 0 aromatic heterocycles. The summed E-state index contributed by atoms with van der Waals surface area (Å²) in [4.78, 5) is 9.84. The number of halogens is 1. The highest BCUT2D eigenvalue weighted by Crippen LogP contribution is 2.38. The number of hydrogen-bond donors (Lipinski definition) is 0. The largest absolute Gasteiger partial charge is 0.493 e. The molecule has 0 spiro atoms. The van der Waals surface area contributed by atoms with Crippen LogP contribution in [0.4, 0.5) is 5.69 Å². The normalized spacial score (nSPS) is 12.8. The molecule has 1 aromatic rings. The average Bonchev–Trinajstić information content (AvgIpc) is 2.44. The fourth-order valence-corrected chi connectivity index (χ4v) is 3.31. The third-order valence-electron chi connectivity index (χ3n) is 2.72. The van der Waals surface area contributed by atoms with Gasteiger partial charge in [0.1, 0.15) is 4.90 Å². The van der Waals surface area contributed by atoms with E-state index in [1.54, 1.807) is 0 Å². The van der Waals surface area contributed by atoms with Crippen molar-refractivity contribution >= 4 is 27.1 Å². The summed E-state index contributed by atoms with van der Waals surface area (Å²) in [6.07, 6.45) is 0. The molecule has 0 radical (unpaired) electrons. The van der Waals surface area contributed by atoms with E-state index in [1.165, 1.54) is 21.1 Å². The molecule has 0 N–H and O–H groups in total. The van der Waals surface area contributed by atoms with Crippen LogP contribution in [0.5, 0.6) is 11.5 Å². The molecule has 1 unspecified atom stereocenters. The third kappa shape index (κ3) is 2.96. The van der Waals surface area contributed by atoms with E-state index >= 15 is 0 Å². The summed E-state index contributed by atoms with van der Waals surface area (Å²) < 4.78 is 34.4. The molecular formula is C11H14ClNO6S. The van der Waals surface area contributed by atoms with Crippen LogP contribution in [-0.4, -0.2) is 38.7 Å². The molecule has 0 aliphatic carbocycles. The second kappa shape index (κ2) is 6.27. The van der Waals surface area contributed by atoms with Gasteiger partial charge in [-0.3, -0.25) is 10.1 Å². The first-order valence-electron chi connectivity index (χ1n) is 5.49. The molecule has 1 aromatic carbocycles. The first-order valence-corrected chi connectivity index (χ1v) is 7.58. The number of benzene rings is 1. The molecule has 0 amide bonds. The summed E-state index contributed by atoms with van der Waals surface area (Å²) in [6, 6.07) is 2.10. The Labute approximate surface area is 121 Å². The van der Waals surface area contributed by atoms with Gasteiger partial charge in [0.05, 0.1) is 30.5 Å². The van der Waals surface area contributed by atoms with Gasteiger partial charge >= 0.3 is 0 Å². The highest BCUT2D eigenvalue weighted by atomic mass is 35.5. The van der Waals surface area contributed by atoms with E-state index in [-0.39, 0.29) is 17.4 Å². The summed E-state index contributed by atoms with van der Waals surface area (Å²) in [5.41, 5.74) is -0.570. The second-order valence-corrected chi connectivity index (χ2v) is 6.59. The Morgan fingerprint density at radius 1 is 1.30 bits per heavy atom. The zero-order valence-electron chi connectivity index (χ0n) is 11.1. The van der Waals surface area contributed by atoms with E-state index in [0.29, 0.717) is 0 Å². The van der Waals surface area contributed by atoms with Gasteiger partial charge < -0.3 is 9.47 Å². The zero-order chi connectivity index (χ0) is 15.5. The second-order valence-electron chi connectivity index (χ2n) is 3.94. The number of methoxy groups -OCH3 is 2. The van der Waals surface area contributed by atoms with Crippen LogP contribution in [0.3, 0.4) is 0 Å². The first kappa shape index (κ1) is 16.5. The SMILES string of the molecule is COc1cc([N+](=O)[O-])c(S(=O)(=O)C(C)CCl)cc1OC. The molecule has 20 heavy (non-hydrogen) atoms. The van der Waals surface area contributed by atoms with Crippen LogP contribution in [0.15, 0.2) is 17.0 Å². The number of nitrogens with zero attached hydrogens (tertiary/aromatic N) is 1. The van der Waals surface area contributed by atoms with Crippen molar-refractivity contribution in [2.45, 2.75) is 17.1 Å². The van der Waals surface area contributed by atoms with Crippen molar-refractivity contribution in [2.75, 3.05) is 20.1 Å². The first-order chi connectivity index (χ1) is 9.29. The number of alkyl halides is 1. The maximum Gasteiger partial charge on any atom is 0.291 e. The van der Waals surface area contributed by atoms with Gasteiger partial charge in [0.25, 0.3) is 5.69 Å². The quantitative estimate of drug-likeness (QED) is 0.451. The number of nitro benzene ring substituents is 1. The van der Waals surface area contributed by atoms with E-state index < -0.39 is 30.6 Å². The van der Waals surface area contributed by atoms with Gasteiger partial charge in [-0.25, -0.2) is 8.42 Å². The molecule has 112 valence electrons. The minimum absolute atomic E-state index is 0.0803. The van der Waals surface area contributed by atoms with Gasteiger partial charge in [-0.05, 0) is 6.92 Å². The van der Waals surface area contributed by atoms with Crippen LogP contribution in [0, 0.1) is 10.1 Å². The van der Waals surface area contributed by atoms with Crippen molar-refractivity contribution in [3.63, 3.8) is 0 Å². The predicted octanol–water partition coefficient (Wildman–Crippen LogP) is 2.01. The van der Waals surface area contributed by atoms with E-state index in [1.807, 2.05) is 0 Å². The maximum atomic E-state index is 12.3. The van der Waals surface area contributed by atoms with Crippen molar-refractivity contribution in [3.05, 3.63) is 22.2 Å². The molecule has 7 nitrogen and oxygen atoms in total. The highest BCUT2D eigenvalue weighted by Gasteiger charge is 2.32. The minimum atomic E-state index is -3.93. The summed E-state index contributed by atoms with van der Waals surface area (Å²) >= 11 is 5.55.